The molecule has 0 radical (unpaired) electrons. The van der Waals surface area contributed by atoms with E-state index in [2.05, 4.69) is 10.3 Å². The minimum atomic E-state index is -0.265. The van der Waals surface area contributed by atoms with Crippen LogP contribution in [0.1, 0.15) is 34.4 Å². The Morgan fingerprint density at radius 3 is 2.78 bits per heavy atom. The Hall–Kier alpha value is -2.80. The van der Waals surface area contributed by atoms with Crippen LogP contribution in [-0.4, -0.2) is 32.8 Å². The number of hydrogen-bond donors (Lipinski definition) is 0. The number of carbonyl (C=O) groups excluding carboxylic acids is 1. The van der Waals surface area contributed by atoms with Crippen molar-refractivity contribution in [1.29, 1.82) is 0 Å². The molecule has 1 amide bonds. The number of hydrogen-bond acceptors (Lipinski definition) is 5. The van der Waals surface area contributed by atoms with Crippen molar-refractivity contribution in [1.82, 2.24) is 19.8 Å². The second-order valence-electron chi connectivity index (χ2n) is 6.08. The lowest BCUT2D eigenvalue weighted by atomic mass is 10.2. The first-order valence-electron chi connectivity index (χ1n) is 8.59. The zero-order valence-corrected chi connectivity index (χ0v) is 16.2. The molecule has 0 atom stereocenters. The van der Waals surface area contributed by atoms with E-state index in [9.17, 15) is 4.79 Å². The van der Waals surface area contributed by atoms with E-state index in [1.807, 2.05) is 37.3 Å². The van der Waals surface area contributed by atoms with Crippen LogP contribution in [-0.2, 0) is 19.7 Å². The van der Waals surface area contributed by atoms with Crippen molar-refractivity contribution in [2.75, 3.05) is 7.05 Å². The lowest BCUT2D eigenvalue weighted by Crippen LogP contribution is -2.29. The average molecular weight is 389 g/mol. The lowest BCUT2D eigenvalue weighted by Gasteiger charge is -2.17. The van der Waals surface area contributed by atoms with Crippen molar-refractivity contribution in [2.24, 2.45) is 0 Å². The molecule has 27 heavy (non-hydrogen) atoms. The minimum absolute atomic E-state index is 0.196. The number of para-hydroxylation sites is 1. The molecule has 3 aromatic rings. The molecule has 142 valence electrons. The van der Waals surface area contributed by atoms with Crippen molar-refractivity contribution in [3.8, 4) is 5.75 Å². The highest BCUT2D eigenvalue weighted by molar-refractivity contribution is 6.31. The normalized spacial score (nSPS) is 10.8. The van der Waals surface area contributed by atoms with Gasteiger partial charge >= 0.3 is 0 Å². The molecular formula is C19H21ClN4O3. The Bertz CT molecular complexity index is 920. The summed E-state index contributed by atoms with van der Waals surface area (Å²) in [5.74, 6) is 1.00. The SMILES string of the molecule is CCn1ncc(Cl)c1CN(C)C(=O)c1noc(C)c1COc1ccccc1. The van der Waals surface area contributed by atoms with Crippen LogP contribution in [0.3, 0.4) is 0 Å². The monoisotopic (exact) mass is 388 g/mol. The van der Waals surface area contributed by atoms with Gasteiger partial charge in [-0.3, -0.25) is 9.48 Å². The van der Waals surface area contributed by atoms with Crippen molar-refractivity contribution in [3.63, 3.8) is 0 Å². The Morgan fingerprint density at radius 2 is 2.07 bits per heavy atom. The standard InChI is InChI=1S/C19H21ClN4O3/c1-4-24-17(16(20)10-21-24)11-23(3)19(25)18-15(13(2)27-22-18)12-26-14-8-6-5-7-9-14/h5-10H,4,11-12H2,1-3H3. The summed E-state index contributed by atoms with van der Waals surface area (Å²) in [6, 6.07) is 9.38. The van der Waals surface area contributed by atoms with Crippen LogP contribution in [0.15, 0.2) is 41.1 Å². The molecule has 0 bridgehead atoms. The number of aromatic nitrogens is 3. The van der Waals surface area contributed by atoms with Crippen molar-refractivity contribution in [2.45, 2.75) is 33.5 Å². The summed E-state index contributed by atoms with van der Waals surface area (Å²) in [6.07, 6.45) is 1.58. The smallest absolute Gasteiger partial charge is 0.276 e. The lowest BCUT2D eigenvalue weighted by molar-refractivity contribution is 0.0769. The predicted octanol–water partition coefficient (Wildman–Crippen LogP) is 3.70. The maximum Gasteiger partial charge on any atom is 0.276 e. The van der Waals surface area contributed by atoms with Gasteiger partial charge < -0.3 is 14.2 Å². The van der Waals surface area contributed by atoms with Crippen LogP contribution in [0, 0.1) is 6.92 Å². The van der Waals surface area contributed by atoms with E-state index >= 15 is 0 Å². The van der Waals surface area contributed by atoms with E-state index in [0.29, 0.717) is 35.2 Å². The van der Waals surface area contributed by atoms with Crippen LogP contribution >= 0.6 is 11.6 Å². The molecule has 2 heterocycles. The highest BCUT2D eigenvalue weighted by Crippen LogP contribution is 2.21. The third-order valence-corrected chi connectivity index (χ3v) is 4.56. The Morgan fingerprint density at radius 1 is 1.33 bits per heavy atom. The number of nitrogens with zero attached hydrogens (tertiary/aromatic N) is 4. The van der Waals surface area contributed by atoms with Gasteiger partial charge in [0, 0.05) is 13.6 Å². The van der Waals surface area contributed by atoms with Gasteiger partial charge in [-0.2, -0.15) is 5.10 Å². The molecule has 1 aromatic carbocycles. The molecule has 0 N–H and O–H groups in total. The average Bonchev–Trinajstić information content (AvgIpc) is 3.22. The zero-order valence-electron chi connectivity index (χ0n) is 15.5. The van der Waals surface area contributed by atoms with Crippen LogP contribution < -0.4 is 4.74 Å². The number of halogens is 1. The summed E-state index contributed by atoms with van der Waals surface area (Å²) in [5, 5.41) is 8.67. The van der Waals surface area contributed by atoms with Gasteiger partial charge in [0.15, 0.2) is 5.69 Å². The number of carbonyl (C=O) groups is 1. The van der Waals surface area contributed by atoms with Gasteiger partial charge in [-0.15, -0.1) is 0 Å². The number of amides is 1. The summed E-state index contributed by atoms with van der Waals surface area (Å²) in [5.41, 5.74) is 1.65. The summed E-state index contributed by atoms with van der Waals surface area (Å²) in [6.45, 7) is 4.91. The highest BCUT2D eigenvalue weighted by Gasteiger charge is 2.24. The summed E-state index contributed by atoms with van der Waals surface area (Å²) in [4.78, 5) is 14.4. The maximum atomic E-state index is 12.9. The van der Waals surface area contributed by atoms with E-state index in [0.717, 1.165) is 5.69 Å². The van der Waals surface area contributed by atoms with Gasteiger partial charge in [0.05, 0.1) is 29.0 Å². The number of benzene rings is 1. The third-order valence-electron chi connectivity index (χ3n) is 4.24. The van der Waals surface area contributed by atoms with Gasteiger partial charge in [0.2, 0.25) is 0 Å². The second-order valence-corrected chi connectivity index (χ2v) is 6.49. The fourth-order valence-electron chi connectivity index (χ4n) is 2.70. The van der Waals surface area contributed by atoms with Crippen LogP contribution in [0.5, 0.6) is 5.75 Å². The summed E-state index contributed by atoms with van der Waals surface area (Å²) < 4.78 is 12.8. The largest absolute Gasteiger partial charge is 0.489 e. The molecule has 0 spiro atoms. The molecule has 0 fully saturated rings. The maximum absolute atomic E-state index is 12.9. The first-order valence-corrected chi connectivity index (χ1v) is 8.97. The van der Waals surface area contributed by atoms with Crippen LogP contribution in [0.2, 0.25) is 5.02 Å². The first-order chi connectivity index (χ1) is 13.0. The Labute approximate surface area is 162 Å². The molecule has 3 rings (SSSR count). The van der Waals surface area contributed by atoms with Gasteiger partial charge in [0.1, 0.15) is 18.1 Å². The molecule has 0 saturated carbocycles. The molecular weight excluding hydrogens is 368 g/mol. The van der Waals surface area contributed by atoms with Gasteiger partial charge in [-0.25, -0.2) is 0 Å². The third kappa shape index (κ3) is 4.14. The molecule has 0 aliphatic rings. The molecule has 0 aliphatic carbocycles. The van der Waals surface area contributed by atoms with Crippen molar-refractivity contribution in [3.05, 3.63) is 64.3 Å². The minimum Gasteiger partial charge on any atom is -0.489 e. The fourth-order valence-corrected chi connectivity index (χ4v) is 2.90. The zero-order chi connectivity index (χ0) is 19.4. The van der Waals surface area contributed by atoms with E-state index in [1.165, 1.54) is 0 Å². The Kier molecular flexibility index (Phi) is 5.81. The number of ether oxygens (including phenoxy) is 1. The van der Waals surface area contributed by atoms with Gasteiger partial charge in [-0.05, 0) is 26.0 Å². The van der Waals surface area contributed by atoms with Gasteiger partial charge in [-0.1, -0.05) is 35.0 Å². The number of rotatable bonds is 7. The topological polar surface area (TPSA) is 73.4 Å². The van der Waals surface area contributed by atoms with Crippen molar-refractivity contribution < 1.29 is 14.1 Å². The Balaban J connectivity index is 1.75. The fraction of sp³-hybridized carbons (Fsp3) is 0.316. The van der Waals surface area contributed by atoms with E-state index in [-0.39, 0.29) is 18.2 Å². The molecule has 2 aromatic heterocycles. The van der Waals surface area contributed by atoms with E-state index in [1.54, 1.807) is 29.7 Å². The molecule has 8 heteroatoms. The number of aryl methyl sites for hydroxylation is 2. The van der Waals surface area contributed by atoms with E-state index in [4.69, 9.17) is 20.9 Å². The predicted molar refractivity (Wildman–Crippen MR) is 101 cm³/mol. The van der Waals surface area contributed by atoms with Crippen LogP contribution in [0.25, 0.3) is 0 Å². The first kappa shape index (κ1) is 19.0. The van der Waals surface area contributed by atoms with Crippen LogP contribution in [0.4, 0.5) is 0 Å². The summed E-state index contributed by atoms with van der Waals surface area (Å²) in [7, 11) is 1.69. The molecule has 0 saturated heterocycles. The summed E-state index contributed by atoms with van der Waals surface area (Å²) >= 11 is 6.20. The molecule has 0 unspecified atom stereocenters. The second kappa shape index (κ2) is 8.26. The van der Waals surface area contributed by atoms with Gasteiger partial charge in [0.25, 0.3) is 5.91 Å². The molecule has 0 aliphatic heterocycles. The quantitative estimate of drug-likeness (QED) is 0.617. The molecule has 7 nitrogen and oxygen atoms in total. The van der Waals surface area contributed by atoms with E-state index < -0.39 is 0 Å². The van der Waals surface area contributed by atoms with Crippen molar-refractivity contribution >= 4 is 17.5 Å². The highest BCUT2D eigenvalue weighted by atomic mass is 35.5.